The highest BCUT2D eigenvalue weighted by molar-refractivity contribution is 4.67. The molecule has 2 heteroatoms. The Kier molecular flexibility index (Phi) is 11.3. The van der Waals surface area contributed by atoms with Gasteiger partial charge in [-0.25, -0.2) is 0 Å². The van der Waals surface area contributed by atoms with Crippen LogP contribution in [0.1, 0.15) is 66.2 Å². The predicted molar refractivity (Wildman–Crippen MR) is 73.8 cm³/mol. The summed E-state index contributed by atoms with van der Waals surface area (Å²) < 4.78 is 0. The zero-order chi connectivity index (χ0) is 12.2. The molecule has 0 saturated carbocycles. The van der Waals surface area contributed by atoms with Crippen LogP contribution in [0.4, 0.5) is 0 Å². The van der Waals surface area contributed by atoms with Gasteiger partial charge in [-0.1, -0.05) is 59.8 Å². The highest BCUT2D eigenvalue weighted by Crippen LogP contribution is 2.10. The van der Waals surface area contributed by atoms with Crippen molar-refractivity contribution < 1.29 is 0 Å². The van der Waals surface area contributed by atoms with Gasteiger partial charge in [0.05, 0.1) is 6.17 Å². The molecular weight excluding hydrogens is 196 g/mol. The molecule has 0 radical (unpaired) electrons. The molecule has 2 nitrogen and oxygen atoms in total. The molecule has 0 saturated heterocycles. The van der Waals surface area contributed by atoms with E-state index < -0.39 is 0 Å². The molecule has 0 fully saturated rings. The van der Waals surface area contributed by atoms with Gasteiger partial charge < -0.3 is 5.32 Å². The molecule has 0 aliphatic rings. The zero-order valence-corrected chi connectivity index (χ0v) is 11.9. The van der Waals surface area contributed by atoms with Crippen LogP contribution in [0, 0.1) is 0 Å². The van der Waals surface area contributed by atoms with E-state index in [2.05, 4.69) is 37.9 Å². The van der Waals surface area contributed by atoms with Crippen LogP contribution >= 0.6 is 0 Å². The molecule has 0 aromatic rings. The largest absolute Gasteiger partial charge is 0.302 e. The fraction of sp³-hybridized carbons (Fsp3) is 1.00. The van der Waals surface area contributed by atoms with Crippen molar-refractivity contribution in [2.45, 2.75) is 72.4 Å². The van der Waals surface area contributed by atoms with Crippen molar-refractivity contribution in [3.05, 3.63) is 0 Å². The first-order valence-electron chi connectivity index (χ1n) is 7.27. The SMILES string of the molecule is CCCCCCCC(NCC)N(CC)CC. The number of unbranched alkanes of at least 4 members (excludes halogenated alkanes) is 4. The first-order valence-corrected chi connectivity index (χ1v) is 7.27. The van der Waals surface area contributed by atoms with Crippen LogP contribution in [0.15, 0.2) is 0 Å². The lowest BCUT2D eigenvalue weighted by atomic mass is 10.1. The lowest BCUT2D eigenvalue weighted by Gasteiger charge is -2.30. The van der Waals surface area contributed by atoms with E-state index in [-0.39, 0.29) is 0 Å². The third-order valence-corrected chi connectivity index (χ3v) is 3.27. The molecule has 1 N–H and O–H groups in total. The summed E-state index contributed by atoms with van der Waals surface area (Å²) in [4.78, 5) is 2.53. The predicted octanol–water partition coefficient (Wildman–Crippen LogP) is 3.62. The minimum Gasteiger partial charge on any atom is -0.302 e. The van der Waals surface area contributed by atoms with Crippen molar-refractivity contribution in [1.82, 2.24) is 10.2 Å². The average Bonchev–Trinajstić information content (AvgIpc) is 2.30. The molecule has 1 unspecified atom stereocenters. The third kappa shape index (κ3) is 7.24. The van der Waals surface area contributed by atoms with Gasteiger partial charge in [0, 0.05) is 0 Å². The van der Waals surface area contributed by atoms with Crippen LogP contribution in [-0.2, 0) is 0 Å². The smallest absolute Gasteiger partial charge is 0.0596 e. The minimum atomic E-state index is 0.599. The van der Waals surface area contributed by atoms with Gasteiger partial charge in [0.1, 0.15) is 0 Å². The summed E-state index contributed by atoms with van der Waals surface area (Å²) in [5.41, 5.74) is 0. The van der Waals surface area contributed by atoms with Gasteiger partial charge >= 0.3 is 0 Å². The van der Waals surface area contributed by atoms with Gasteiger partial charge in [-0.15, -0.1) is 0 Å². The van der Waals surface area contributed by atoms with E-state index >= 15 is 0 Å². The molecule has 0 bridgehead atoms. The van der Waals surface area contributed by atoms with Gasteiger partial charge in [-0.3, -0.25) is 4.90 Å². The number of rotatable bonds is 11. The van der Waals surface area contributed by atoms with E-state index in [1.807, 2.05) is 0 Å². The van der Waals surface area contributed by atoms with Gasteiger partial charge in [-0.05, 0) is 26.1 Å². The molecule has 0 spiro atoms. The van der Waals surface area contributed by atoms with E-state index in [4.69, 9.17) is 0 Å². The van der Waals surface area contributed by atoms with Crippen molar-refractivity contribution in [3.8, 4) is 0 Å². The van der Waals surface area contributed by atoms with Crippen LogP contribution in [0.2, 0.25) is 0 Å². The lowest BCUT2D eigenvalue weighted by molar-refractivity contribution is 0.170. The summed E-state index contributed by atoms with van der Waals surface area (Å²) in [5, 5.41) is 3.60. The summed E-state index contributed by atoms with van der Waals surface area (Å²) in [7, 11) is 0. The van der Waals surface area contributed by atoms with Crippen molar-refractivity contribution in [2.75, 3.05) is 19.6 Å². The third-order valence-electron chi connectivity index (χ3n) is 3.27. The number of hydrogen-bond acceptors (Lipinski definition) is 2. The fourth-order valence-corrected chi connectivity index (χ4v) is 2.25. The molecule has 0 heterocycles. The maximum Gasteiger partial charge on any atom is 0.0596 e. The highest BCUT2D eigenvalue weighted by Gasteiger charge is 2.13. The second-order valence-electron chi connectivity index (χ2n) is 4.50. The van der Waals surface area contributed by atoms with Gasteiger partial charge in [0.2, 0.25) is 0 Å². The molecule has 0 aliphatic carbocycles. The van der Waals surface area contributed by atoms with E-state index in [0.29, 0.717) is 6.17 Å². The Hall–Kier alpha value is -0.0800. The second-order valence-corrected chi connectivity index (χ2v) is 4.50. The molecule has 0 aromatic carbocycles. The second kappa shape index (κ2) is 11.4. The van der Waals surface area contributed by atoms with E-state index in [0.717, 1.165) is 19.6 Å². The molecule has 0 aromatic heterocycles. The molecule has 0 amide bonds. The Balaban J connectivity index is 3.74. The van der Waals surface area contributed by atoms with Crippen LogP contribution in [0.3, 0.4) is 0 Å². The first kappa shape index (κ1) is 15.9. The molecule has 16 heavy (non-hydrogen) atoms. The summed E-state index contributed by atoms with van der Waals surface area (Å²) >= 11 is 0. The maximum absolute atomic E-state index is 3.60. The number of hydrogen-bond donors (Lipinski definition) is 1. The number of nitrogens with one attached hydrogen (secondary N) is 1. The average molecular weight is 228 g/mol. The fourth-order valence-electron chi connectivity index (χ4n) is 2.25. The Morgan fingerprint density at radius 2 is 1.50 bits per heavy atom. The monoisotopic (exact) mass is 228 g/mol. The molecule has 1 atom stereocenters. The molecule has 0 rings (SSSR count). The van der Waals surface area contributed by atoms with Gasteiger partial charge in [0.25, 0.3) is 0 Å². The van der Waals surface area contributed by atoms with Crippen molar-refractivity contribution in [1.29, 1.82) is 0 Å². The maximum atomic E-state index is 3.60. The minimum absolute atomic E-state index is 0.599. The summed E-state index contributed by atoms with van der Waals surface area (Å²) in [6.07, 6.45) is 8.82. The topological polar surface area (TPSA) is 15.3 Å². The van der Waals surface area contributed by atoms with Gasteiger partial charge in [0.15, 0.2) is 0 Å². The Labute approximate surface area is 103 Å². The van der Waals surface area contributed by atoms with Crippen molar-refractivity contribution >= 4 is 0 Å². The summed E-state index contributed by atoms with van der Waals surface area (Å²) in [6.45, 7) is 12.4. The molecular formula is C14H32N2. The Bertz CT molecular complexity index is 133. The Morgan fingerprint density at radius 3 is 2.00 bits per heavy atom. The highest BCUT2D eigenvalue weighted by atomic mass is 15.3. The summed E-state index contributed by atoms with van der Waals surface area (Å²) in [5.74, 6) is 0. The van der Waals surface area contributed by atoms with Gasteiger partial charge in [-0.2, -0.15) is 0 Å². The van der Waals surface area contributed by atoms with Crippen LogP contribution in [-0.4, -0.2) is 30.7 Å². The summed E-state index contributed by atoms with van der Waals surface area (Å²) in [6, 6.07) is 0. The van der Waals surface area contributed by atoms with Crippen LogP contribution < -0.4 is 5.32 Å². The quantitative estimate of drug-likeness (QED) is 0.429. The van der Waals surface area contributed by atoms with Crippen molar-refractivity contribution in [3.63, 3.8) is 0 Å². The lowest BCUT2D eigenvalue weighted by Crippen LogP contribution is -2.45. The molecule has 0 aliphatic heterocycles. The van der Waals surface area contributed by atoms with Crippen LogP contribution in [0.25, 0.3) is 0 Å². The molecule has 98 valence electrons. The zero-order valence-electron chi connectivity index (χ0n) is 11.9. The van der Waals surface area contributed by atoms with E-state index in [1.165, 1.54) is 38.5 Å². The van der Waals surface area contributed by atoms with Crippen molar-refractivity contribution in [2.24, 2.45) is 0 Å². The number of nitrogens with zero attached hydrogens (tertiary/aromatic N) is 1. The Morgan fingerprint density at radius 1 is 0.875 bits per heavy atom. The normalized spacial score (nSPS) is 13.3. The first-order chi connectivity index (χ1) is 7.79. The van der Waals surface area contributed by atoms with Crippen LogP contribution in [0.5, 0.6) is 0 Å². The van der Waals surface area contributed by atoms with E-state index in [1.54, 1.807) is 0 Å². The standard InChI is InChI=1S/C14H32N2/c1-5-9-10-11-12-13-14(15-6-2)16(7-3)8-4/h14-15H,5-13H2,1-4H3. The van der Waals surface area contributed by atoms with E-state index in [9.17, 15) is 0 Å².